The van der Waals surface area contributed by atoms with Crippen molar-refractivity contribution in [3.05, 3.63) is 58.1 Å². The minimum Gasteiger partial charge on any atom is -0.376 e. The third kappa shape index (κ3) is 2.92. The van der Waals surface area contributed by atoms with Crippen LogP contribution in [0.2, 0.25) is 10.0 Å². The third-order valence-electron chi connectivity index (χ3n) is 2.58. The number of nitrogens with one attached hydrogen (secondary N) is 1. The lowest BCUT2D eigenvalue weighted by atomic mass is 10.1. The summed E-state index contributed by atoms with van der Waals surface area (Å²) in [6, 6.07) is 6.31. The van der Waals surface area contributed by atoms with E-state index < -0.39 is 5.82 Å². The Morgan fingerprint density at radius 2 is 2.00 bits per heavy atom. The zero-order valence-electron chi connectivity index (χ0n) is 9.62. The van der Waals surface area contributed by atoms with Gasteiger partial charge in [-0.05, 0) is 30.7 Å². The van der Waals surface area contributed by atoms with Crippen LogP contribution < -0.4 is 5.32 Å². The summed E-state index contributed by atoms with van der Waals surface area (Å²) in [4.78, 5) is 3.98. The van der Waals surface area contributed by atoms with Crippen LogP contribution in [0.1, 0.15) is 18.5 Å². The normalized spacial score (nSPS) is 12.2. The summed E-state index contributed by atoms with van der Waals surface area (Å²) < 4.78 is 13.4. The molecule has 2 rings (SSSR count). The third-order valence-corrected chi connectivity index (χ3v) is 3.22. The molecule has 0 saturated heterocycles. The van der Waals surface area contributed by atoms with E-state index in [1.807, 2.05) is 6.92 Å². The molecule has 0 aliphatic heterocycles. The molecule has 1 aromatic heterocycles. The molecule has 2 aromatic rings. The molecule has 2 nitrogen and oxygen atoms in total. The molecule has 1 heterocycles. The molecule has 0 aliphatic carbocycles. The second kappa shape index (κ2) is 5.55. The molecule has 0 fully saturated rings. The van der Waals surface area contributed by atoms with Crippen LogP contribution in [0.3, 0.4) is 0 Å². The van der Waals surface area contributed by atoms with E-state index in [1.54, 1.807) is 24.5 Å². The summed E-state index contributed by atoms with van der Waals surface area (Å²) in [7, 11) is 0. The van der Waals surface area contributed by atoms with Crippen LogP contribution in [0, 0.1) is 5.82 Å². The van der Waals surface area contributed by atoms with Crippen molar-refractivity contribution in [3.8, 4) is 0 Å². The van der Waals surface area contributed by atoms with Crippen molar-refractivity contribution in [2.45, 2.75) is 13.0 Å². The molecule has 0 radical (unpaired) electrons. The number of aromatic nitrogens is 1. The Morgan fingerprint density at radius 1 is 1.22 bits per heavy atom. The van der Waals surface area contributed by atoms with Crippen LogP contribution in [-0.2, 0) is 0 Å². The lowest BCUT2D eigenvalue weighted by Gasteiger charge is -2.16. The van der Waals surface area contributed by atoms with E-state index in [1.165, 1.54) is 12.1 Å². The summed E-state index contributed by atoms with van der Waals surface area (Å²) >= 11 is 11.7. The predicted octanol–water partition coefficient (Wildman–Crippen LogP) is 4.70. The van der Waals surface area contributed by atoms with E-state index in [0.29, 0.717) is 10.7 Å². The van der Waals surface area contributed by atoms with Gasteiger partial charge in [-0.25, -0.2) is 4.39 Å². The molecule has 94 valence electrons. The second-order valence-electron chi connectivity index (χ2n) is 3.90. The van der Waals surface area contributed by atoms with Gasteiger partial charge in [0.05, 0.1) is 21.9 Å². The quantitative estimate of drug-likeness (QED) is 0.884. The van der Waals surface area contributed by atoms with Crippen LogP contribution in [0.15, 0.2) is 36.7 Å². The molecular weight excluding hydrogens is 274 g/mol. The summed E-state index contributed by atoms with van der Waals surface area (Å²) in [6.07, 6.45) is 3.24. The topological polar surface area (TPSA) is 24.9 Å². The number of pyridine rings is 1. The van der Waals surface area contributed by atoms with E-state index >= 15 is 0 Å². The standard InChI is InChI=1S/C13H11Cl2FN2/c1-8(9-2-3-10(14)12(16)6-9)18-13-7-17-5-4-11(13)15/h2-8,18H,1H3. The fourth-order valence-electron chi connectivity index (χ4n) is 1.58. The average molecular weight is 285 g/mol. The number of hydrogen-bond acceptors (Lipinski definition) is 2. The van der Waals surface area contributed by atoms with Crippen LogP contribution >= 0.6 is 23.2 Å². The monoisotopic (exact) mass is 284 g/mol. The Hall–Kier alpha value is -1.32. The Bertz CT molecular complexity index is 560. The van der Waals surface area contributed by atoms with Gasteiger partial charge in [0.25, 0.3) is 0 Å². The molecule has 1 atom stereocenters. The highest BCUT2D eigenvalue weighted by atomic mass is 35.5. The molecule has 18 heavy (non-hydrogen) atoms. The molecule has 1 aromatic carbocycles. The zero-order chi connectivity index (χ0) is 13.1. The molecule has 0 bridgehead atoms. The Balaban J connectivity index is 2.19. The molecular formula is C13H11Cl2FN2. The Kier molecular flexibility index (Phi) is 4.04. The highest BCUT2D eigenvalue weighted by molar-refractivity contribution is 6.33. The largest absolute Gasteiger partial charge is 0.376 e. The van der Waals surface area contributed by atoms with Crippen molar-refractivity contribution in [1.29, 1.82) is 0 Å². The van der Waals surface area contributed by atoms with Crippen molar-refractivity contribution in [1.82, 2.24) is 4.98 Å². The predicted molar refractivity (Wildman–Crippen MR) is 72.7 cm³/mol. The van der Waals surface area contributed by atoms with Gasteiger partial charge in [-0.3, -0.25) is 4.98 Å². The number of halogens is 3. The van der Waals surface area contributed by atoms with Crippen molar-refractivity contribution in [3.63, 3.8) is 0 Å². The van der Waals surface area contributed by atoms with E-state index in [-0.39, 0.29) is 11.1 Å². The minimum absolute atomic E-state index is 0.0986. The second-order valence-corrected chi connectivity index (χ2v) is 4.71. The van der Waals surface area contributed by atoms with Crippen LogP contribution in [0.4, 0.5) is 10.1 Å². The first-order chi connectivity index (χ1) is 8.58. The van der Waals surface area contributed by atoms with Gasteiger partial charge in [0, 0.05) is 12.2 Å². The van der Waals surface area contributed by atoms with Crippen molar-refractivity contribution < 1.29 is 4.39 Å². The van der Waals surface area contributed by atoms with Crippen molar-refractivity contribution in [2.75, 3.05) is 5.32 Å². The Morgan fingerprint density at radius 3 is 2.67 bits per heavy atom. The van der Waals surface area contributed by atoms with Crippen molar-refractivity contribution >= 4 is 28.9 Å². The number of hydrogen-bond donors (Lipinski definition) is 1. The molecule has 5 heteroatoms. The highest BCUT2D eigenvalue weighted by Gasteiger charge is 2.10. The summed E-state index contributed by atoms with van der Waals surface area (Å²) in [5.74, 6) is -0.430. The molecule has 0 spiro atoms. The van der Waals surface area contributed by atoms with Gasteiger partial charge in [-0.1, -0.05) is 29.3 Å². The van der Waals surface area contributed by atoms with Gasteiger partial charge in [0.2, 0.25) is 0 Å². The van der Waals surface area contributed by atoms with Gasteiger partial charge in [-0.2, -0.15) is 0 Å². The molecule has 0 saturated carbocycles. The summed E-state index contributed by atoms with van der Waals surface area (Å²) in [6.45, 7) is 1.91. The van der Waals surface area contributed by atoms with E-state index in [0.717, 1.165) is 5.56 Å². The highest BCUT2D eigenvalue weighted by Crippen LogP contribution is 2.26. The Labute approximate surface area is 115 Å². The fraction of sp³-hybridized carbons (Fsp3) is 0.154. The number of nitrogens with zero attached hydrogens (tertiary/aromatic N) is 1. The first-order valence-corrected chi connectivity index (χ1v) is 6.14. The molecule has 0 amide bonds. The average Bonchev–Trinajstić information content (AvgIpc) is 2.35. The van der Waals surface area contributed by atoms with Gasteiger partial charge >= 0.3 is 0 Å². The smallest absolute Gasteiger partial charge is 0.142 e. The van der Waals surface area contributed by atoms with Crippen LogP contribution in [-0.4, -0.2) is 4.98 Å². The molecule has 1 N–H and O–H groups in total. The maximum Gasteiger partial charge on any atom is 0.142 e. The lowest BCUT2D eigenvalue weighted by molar-refractivity contribution is 0.624. The van der Waals surface area contributed by atoms with E-state index in [9.17, 15) is 4.39 Å². The van der Waals surface area contributed by atoms with Crippen LogP contribution in [0.5, 0.6) is 0 Å². The molecule has 0 aliphatic rings. The van der Waals surface area contributed by atoms with E-state index in [4.69, 9.17) is 23.2 Å². The first kappa shape index (κ1) is 13.1. The zero-order valence-corrected chi connectivity index (χ0v) is 11.1. The van der Waals surface area contributed by atoms with Crippen LogP contribution in [0.25, 0.3) is 0 Å². The number of rotatable bonds is 3. The van der Waals surface area contributed by atoms with Gasteiger partial charge in [-0.15, -0.1) is 0 Å². The van der Waals surface area contributed by atoms with Gasteiger partial charge in [0.1, 0.15) is 5.82 Å². The number of benzene rings is 1. The molecule has 1 unspecified atom stereocenters. The summed E-state index contributed by atoms with van der Waals surface area (Å²) in [5.41, 5.74) is 1.50. The lowest BCUT2D eigenvalue weighted by Crippen LogP contribution is -2.07. The SMILES string of the molecule is CC(Nc1cnccc1Cl)c1ccc(Cl)c(F)c1. The van der Waals surface area contributed by atoms with Gasteiger partial charge in [0.15, 0.2) is 0 Å². The maximum atomic E-state index is 13.4. The summed E-state index contributed by atoms with van der Waals surface area (Å²) in [5, 5.41) is 3.86. The minimum atomic E-state index is -0.430. The maximum absolute atomic E-state index is 13.4. The number of anilines is 1. The fourth-order valence-corrected chi connectivity index (χ4v) is 1.86. The van der Waals surface area contributed by atoms with Gasteiger partial charge < -0.3 is 5.32 Å². The van der Waals surface area contributed by atoms with E-state index in [2.05, 4.69) is 10.3 Å². The first-order valence-electron chi connectivity index (χ1n) is 5.39. The van der Waals surface area contributed by atoms with Crippen molar-refractivity contribution in [2.24, 2.45) is 0 Å².